The number of nitrogens with one attached hydrogen (secondary N) is 1. The second kappa shape index (κ2) is 4.42. The van der Waals surface area contributed by atoms with Gasteiger partial charge in [0, 0.05) is 5.69 Å². The summed E-state index contributed by atoms with van der Waals surface area (Å²) >= 11 is 0. The third-order valence-corrected chi connectivity index (χ3v) is 3.51. The average Bonchev–Trinajstić information content (AvgIpc) is 3.13. The minimum Gasteiger partial charge on any atom is -0.394 e. The molecular weight excluding hydrogens is 205 g/mol. The molecule has 88 valence electrons. The van der Waals surface area contributed by atoms with Crippen LogP contribution in [-0.4, -0.2) is 17.3 Å². The van der Waals surface area contributed by atoms with Crippen LogP contribution in [0.25, 0.3) is 0 Å². The number of aliphatic hydroxyl groups excluding tert-OH is 1. The molecule has 1 aliphatic carbocycles. The summed E-state index contributed by atoms with van der Waals surface area (Å²) in [6, 6.07) is 6.32. The van der Waals surface area contributed by atoms with Crippen LogP contribution in [0.15, 0.2) is 24.3 Å². The lowest BCUT2D eigenvalue weighted by Gasteiger charge is -2.33. The van der Waals surface area contributed by atoms with Crippen molar-refractivity contribution in [3.63, 3.8) is 0 Å². The number of benzene rings is 1. The highest BCUT2D eigenvalue weighted by molar-refractivity contribution is 5.46. The molecule has 0 heterocycles. The highest BCUT2D eigenvalue weighted by Gasteiger charge is 2.43. The van der Waals surface area contributed by atoms with E-state index in [1.807, 2.05) is 0 Å². The van der Waals surface area contributed by atoms with Gasteiger partial charge in [-0.25, -0.2) is 4.39 Å². The van der Waals surface area contributed by atoms with Crippen LogP contribution in [0.5, 0.6) is 0 Å². The normalized spacial score (nSPS) is 19.2. The summed E-state index contributed by atoms with van der Waals surface area (Å²) in [5, 5.41) is 12.9. The van der Waals surface area contributed by atoms with Crippen molar-refractivity contribution >= 4 is 5.69 Å². The minimum atomic E-state index is -0.233. The van der Waals surface area contributed by atoms with Crippen molar-refractivity contribution in [3.8, 4) is 0 Å². The van der Waals surface area contributed by atoms with Gasteiger partial charge in [-0.3, -0.25) is 0 Å². The molecule has 0 aliphatic heterocycles. The molecule has 16 heavy (non-hydrogen) atoms. The van der Waals surface area contributed by atoms with E-state index >= 15 is 0 Å². The van der Waals surface area contributed by atoms with Gasteiger partial charge in [-0.2, -0.15) is 0 Å². The van der Waals surface area contributed by atoms with Gasteiger partial charge in [0.25, 0.3) is 0 Å². The molecule has 1 unspecified atom stereocenters. The molecule has 0 bridgehead atoms. The van der Waals surface area contributed by atoms with E-state index in [-0.39, 0.29) is 18.0 Å². The maximum Gasteiger partial charge on any atom is 0.123 e. The predicted molar refractivity (Wildman–Crippen MR) is 62.9 cm³/mol. The van der Waals surface area contributed by atoms with Gasteiger partial charge in [0.2, 0.25) is 0 Å². The van der Waals surface area contributed by atoms with E-state index in [1.165, 1.54) is 25.0 Å². The average molecular weight is 223 g/mol. The van der Waals surface area contributed by atoms with Crippen LogP contribution in [0.2, 0.25) is 0 Å². The van der Waals surface area contributed by atoms with Gasteiger partial charge in [-0.05, 0) is 49.4 Å². The number of halogens is 1. The maximum absolute atomic E-state index is 12.8. The fourth-order valence-corrected chi connectivity index (χ4v) is 2.22. The lowest BCUT2D eigenvalue weighted by Crippen LogP contribution is -2.43. The first-order valence-electron chi connectivity index (χ1n) is 5.85. The zero-order valence-electron chi connectivity index (χ0n) is 9.54. The summed E-state index contributed by atoms with van der Waals surface area (Å²) in [5.74, 6) is 0.315. The molecule has 3 heteroatoms. The van der Waals surface area contributed by atoms with Crippen molar-refractivity contribution in [3.05, 3.63) is 30.1 Å². The first kappa shape index (κ1) is 11.4. The molecule has 1 saturated carbocycles. The lowest BCUT2D eigenvalue weighted by atomic mass is 9.90. The fourth-order valence-electron chi connectivity index (χ4n) is 2.22. The van der Waals surface area contributed by atoms with Crippen LogP contribution in [0.3, 0.4) is 0 Å². The van der Waals surface area contributed by atoms with Crippen LogP contribution in [0.1, 0.15) is 26.2 Å². The Kier molecular flexibility index (Phi) is 3.15. The van der Waals surface area contributed by atoms with E-state index < -0.39 is 0 Å². The first-order valence-corrected chi connectivity index (χ1v) is 5.85. The zero-order valence-corrected chi connectivity index (χ0v) is 9.54. The Hall–Kier alpha value is -1.09. The SMILES string of the molecule is CCC(CO)(Nc1ccc(F)cc1)C1CC1. The van der Waals surface area contributed by atoms with E-state index in [0.717, 1.165) is 12.1 Å². The fraction of sp³-hybridized carbons (Fsp3) is 0.538. The number of aliphatic hydroxyl groups is 1. The summed E-state index contributed by atoms with van der Waals surface area (Å²) in [6.07, 6.45) is 3.22. The third kappa shape index (κ3) is 2.19. The Labute approximate surface area is 95.5 Å². The van der Waals surface area contributed by atoms with E-state index in [4.69, 9.17) is 0 Å². The van der Waals surface area contributed by atoms with Crippen molar-refractivity contribution in [2.24, 2.45) is 5.92 Å². The summed E-state index contributed by atoms with van der Waals surface area (Å²) in [4.78, 5) is 0. The van der Waals surface area contributed by atoms with Crippen LogP contribution in [0.4, 0.5) is 10.1 Å². The Bertz CT molecular complexity index is 341. The molecule has 0 radical (unpaired) electrons. The molecule has 0 amide bonds. The van der Waals surface area contributed by atoms with Crippen LogP contribution in [-0.2, 0) is 0 Å². The van der Waals surface area contributed by atoms with Crippen LogP contribution >= 0.6 is 0 Å². The number of anilines is 1. The highest BCUT2D eigenvalue weighted by Crippen LogP contribution is 2.43. The summed E-state index contributed by atoms with van der Waals surface area (Å²) in [6.45, 7) is 2.20. The Balaban J connectivity index is 2.13. The Morgan fingerprint density at radius 1 is 1.38 bits per heavy atom. The quantitative estimate of drug-likeness (QED) is 0.804. The maximum atomic E-state index is 12.8. The molecule has 1 aromatic carbocycles. The third-order valence-electron chi connectivity index (χ3n) is 3.51. The van der Waals surface area contributed by atoms with Crippen molar-refractivity contribution in [1.29, 1.82) is 0 Å². The molecule has 2 N–H and O–H groups in total. The smallest absolute Gasteiger partial charge is 0.123 e. The van der Waals surface area contributed by atoms with Crippen LogP contribution < -0.4 is 5.32 Å². The number of hydrogen-bond donors (Lipinski definition) is 2. The first-order chi connectivity index (χ1) is 7.70. The summed E-state index contributed by atoms with van der Waals surface area (Å²) in [5.41, 5.74) is 0.655. The van der Waals surface area contributed by atoms with Crippen molar-refractivity contribution in [1.82, 2.24) is 0 Å². The zero-order chi connectivity index (χ0) is 11.6. The standard InChI is InChI=1S/C13H18FNO/c1-2-13(9-16,10-3-4-10)15-12-7-5-11(14)6-8-12/h5-8,10,15-16H,2-4,9H2,1H3. The number of rotatable bonds is 5. The second-order valence-electron chi connectivity index (χ2n) is 4.57. The molecular formula is C13H18FNO. The molecule has 2 rings (SSSR count). The van der Waals surface area contributed by atoms with Crippen molar-refractivity contribution < 1.29 is 9.50 Å². The molecule has 2 nitrogen and oxygen atoms in total. The van der Waals surface area contributed by atoms with Crippen molar-refractivity contribution in [2.75, 3.05) is 11.9 Å². The Morgan fingerprint density at radius 2 is 2.00 bits per heavy atom. The second-order valence-corrected chi connectivity index (χ2v) is 4.57. The van der Waals surface area contributed by atoms with Gasteiger partial charge in [0.15, 0.2) is 0 Å². The molecule has 1 fully saturated rings. The van der Waals surface area contributed by atoms with Gasteiger partial charge in [0.1, 0.15) is 5.82 Å². The topological polar surface area (TPSA) is 32.3 Å². The highest BCUT2D eigenvalue weighted by atomic mass is 19.1. The van der Waals surface area contributed by atoms with E-state index in [9.17, 15) is 9.50 Å². The van der Waals surface area contributed by atoms with E-state index in [1.54, 1.807) is 12.1 Å². The summed E-state index contributed by atoms with van der Waals surface area (Å²) in [7, 11) is 0. The minimum absolute atomic E-state index is 0.130. The predicted octanol–water partition coefficient (Wildman–Crippen LogP) is 2.79. The van der Waals surface area contributed by atoms with Gasteiger partial charge < -0.3 is 10.4 Å². The van der Waals surface area contributed by atoms with Gasteiger partial charge in [-0.1, -0.05) is 6.92 Å². The molecule has 1 aromatic rings. The molecule has 1 atom stereocenters. The van der Waals surface area contributed by atoms with Crippen molar-refractivity contribution in [2.45, 2.75) is 31.7 Å². The lowest BCUT2D eigenvalue weighted by molar-refractivity contribution is 0.188. The molecule has 0 spiro atoms. The van der Waals surface area contributed by atoms with Gasteiger partial charge in [0.05, 0.1) is 12.1 Å². The number of hydrogen-bond acceptors (Lipinski definition) is 2. The Morgan fingerprint density at radius 3 is 2.44 bits per heavy atom. The largest absolute Gasteiger partial charge is 0.394 e. The van der Waals surface area contributed by atoms with Crippen LogP contribution in [0, 0.1) is 11.7 Å². The van der Waals surface area contributed by atoms with Gasteiger partial charge >= 0.3 is 0 Å². The molecule has 0 saturated heterocycles. The van der Waals surface area contributed by atoms with Gasteiger partial charge in [-0.15, -0.1) is 0 Å². The van der Waals surface area contributed by atoms with E-state index in [0.29, 0.717) is 5.92 Å². The summed E-state index contributed by atoms with van der Waals surface area (Å²) < 4.78 is 12.8. The molecule has 1 aliphatic rings. The molecule has 0 aromatic heterocycles. The van der Waals surface area contributed by atoms with E-state index in [2.05, 4.69) is 12.2 Å². The monoisotopic (exact) mass is 223 g/mol.